The molecule has 0 heterocycles. The minimum atomic E-state index is -0.971. The molecule has 3 amide bonds. The summed E-state index contributed by atoms with van der Waals surface area (Å²) in [4.78, 5) is 34.0. The van der Waals surface area contributed by atoms with Crippen molar-refractivity contribution in [2.24, 2.45) is 5.73 Å². The normalized spacial score (nSPS) is 10.8. The van der Waals surface area contributed by atoms with Crippen molar-refractivity contribution in [1.82, 2.24) is 10.2 Å². The topological polar surface area (TPSA) is 113 Å². The minimum Gasteiger partial charge on any atom is -0.481 e. The van der Waals surface area contributed by atoms with Crippen molar-refractivity contribution in [3.8, 4) is 0 Å². The molecule has 0 aromatic heterocycles. The zero-order chi connectivity index (χ0) is 13.6. The first-order chi connectivity index (χ1) is 7.64. The Bertz CT molecular complexity index is 315. The van der Waals surface area contributed by atoms with Gasteiger partial charge in [-0.05, 0) is 13.8 Å². The van der Waals surface area contributed by atoms with Crippen LogP contribution in [-0.4, -0.2) is 47.0 Å². The van der Waals surface area contributed by atoms with Crippen LogP contribution in [0.3, 0.4) is 0 Å². The summed E-state index contributed by atoms with van der Waals surface area (Å²) in [6.45, 7) is 3.44. The Morgan fingerprint density at radius 1 is 1.35 bits per heavy atom. The largest absolute Gasteiger partial charge is 0.481 e. The van der Waals surface area contributed by atoms with Crippen LogP contribution in [0.2, 0.25) is 0 Å². The minimum absolute atomic E-state index is 0.0194. The molecule has 0 atom stereocenters. The Morgan fingerprint density at radius 2 is 1.88 bits per heavy atom. The van der Waals surface area contributed by atoms with E-state index in [1.807, 2.05) is 0 Å². The summed E-state index contributed by atoms with van der Waals surface area (Å²) in [7, 11) is 1.48. The monoisotopic (exact) mass is 245 g/mol. The van der Waals surface area contributed by atoms with E-state index >= 15 is 0 Å². The smallest absolute Gasteiger partial charge is 0.317 e. The van der Waals surface area contributed by atoms with E-state index in [0.29, 0.717) is 0 Å². The van der Waals surface area contributed by atoms with Crippen LogP contribution in [-0.2, 0) is 9.59 Å². The highest BCUT2D eigenvalue weighted by Gasteiger charge is 2.24. The first-order valence-corrected chi connectivity index (χ1v) is 5.17. The Kier molecular flexibility index (Phi) is 5.43. The van der Waals surface area contributed by atoms with Gasteiger partial charge in [-0.25, -0.2) is 4.79 Å². The number of carboxylic acids is 1. The summed E-state index contributed by atoms with van der Waals surface area (Å²) in [5, 5.41) is 11.1. The molecule has 0 radical (unpaired) electrons. The standard InChI is InChI=1S/C10H19N3O4/c1-10(2,6-7(11)14)12-9(17)13(3)5-4-8(15)16/h4-6H2,1-3H3,(H2,11,14)(H,12,17)(H,15,16). The van der Waals surface area contributed by atoms with E-state index in [9.17, 15) is 14.4 Å². The van der Waals surface area contributed by atoms with E-state index in [-0.39, 0.29) is 19.4 Å². The van der Waals surface area contributed by atoms with E-state index < -0.39 is 23.4 Å². The zero-order valence-electron chi connectivity index (χ0n) is 10.3. The molecule has 98 valence electrons. The molecule has 17 heavy (non-hydrogen) atoms. The van der Waals surface area contributed by atoms with Gasteiger partial charge in [-0.2, -0.15) is 0 Å². The predicted octanol–water partition coefficient (Wildman–Crippen LogP) is -0.243. The van der Waals surface area contributed by atoms with Crippen LogP contribution >= 0.6 is 0 Å². The molecule has 0 rings (SSSR count). The summed E-state index contributed by atoms with van der Waals surface area (Å²) >= 11 is 0. The molecular formula is C10H19N3O4. The SMILES string of the molecule is CN(CCC(=O)O)C(=O)NC(C)(C)CC(N)=O. The number of hydrogen-bond acceptors (Lipinski definition) is 3. The zero-order valence-corrected chi connectivity index (χ0v) is 10.3. The van der Waals surface area contributed by atoms with Gasteiger partial charge in [-0.15, -0.1) is 0 Å². The number of aliphatic carboxylic acids is 1. The predicted molar refractivity (Wildman–Crippen MR) is 61.3 cm³/mol. The fraction of sp³-hybridized carbons (Fsp3) is 0.700. The number of rotatable bonds is 6. The fourth-order valence-electron chi connectivity index (χ4n) is 1.23. The molecule has 0 bridgehead atoms. The molecule has 0 aromatic rings. The number of primary amides is 1. The number of nitrogens with zero attached hydrogens (tertiary/aromatic N) is 1. The highest BCUT2D eigenvalue weighted by molar-refractivity contribution is 5.79. The lowest BCUT2D eigenvalue weighted by molar-refractivity contribution is -0.137. The van der Waals surface area contributed by atoms with Crippen LogP contribution in [0.15, 0.2) is 0 Å². The summed E-state index contributed by atoms with van der Waals surface area (Å²) < 4.78 is 0. The third kappa shape index (κ3) is 7.15. The molecule has 0 saturated heterocycles. The Morgan fingerprint density at radius 3 is 2.29 bits per heavy atom. The van der Waals surface area contributed by atoms with Gasteiger partial charge in [0.15, 0.2) is 0 Å². The summed E-state index contributed by atoms with van der Waals surface area (Å²) in [6, 6.07) is -0.433. The maximum atomic E-state index is 11.6. The lowest BCUT2D eigenvalue weighted by Crippen LogP contribution is -2.50. The first kappa shape index (κ1) is 15.2. The van der Waals surface area contributed by atoms with Gasteiger partial charge < -0.3 is 21.1 Å². The van der Waals surface area contributed by atoms with E-state index in [1.165, 1.54) is 11.9 Å². The van der Waals surface area contributed by atoms with Crippen LogP contribution in [0, 0.1) is 0 Å². The van der Waals surface area contributed by atoms with Crippen LogP contribution in [0.1, 0.15) is 26.7 Å². The molecule has 0 aromatic carbocycles. The van der Waals surface area contributed by atoms with Gasteiger partial charge in [0.1, 0.15) is 0 Å². The summed E-state index contributed by atoms with van der Waals surface area (Å²) in [6.07, 6.45) is -0.105. The van der Waals surface area contributed by atoms with Crippen molar-refractivity contribution >= 4 is 17.9 Å². The fourth-order valence-corrected chi connectivity index (χ4v) is 1.23. The molecular weight excluding hydrogens is 226 g/mol. The highest BCUT2D eigenvalue weighted by atomic mass is 16.4. The quantitative estimate of drug-likeness (QED) is 0.599. The van der Waals surface area contributed by atoms with Gasteiger partial charge in [0.25, 0.3) is 0 Å². The highest BCUT2D eigenvalue weighted by Crippen LogP contribution is 2.08. The van der Waals surface area contributed by atoms with Gasteiger partial charge in [0.05, 0.1) is 6.42 Å². The number of nitrogens with two attached hydrogens (primary N) is 1. The third-order valence-corrected chi connectivity index (χ3v) is 2.07. The van der Waals surface area contributed by atoms with Crippen molar-refractivity contribution in [2.75, 3.05) is 13.6 Å². The van der Waals surface area contributed by atoms with Crippen molar-refractivity contribution in [3.63, 3.8) is 0 Å². The summed E-state index contributed by atoms with van der Waals surface area (Å²) in [5.41, 5.74) is 4.30. The molecule has 0 aliphatic heterocycles. The lowest BCUT2D eigenvalue weighted by Gasteiger charge is -2.28. The number of nitrogens with one attached hydrogen (secondary N) is 1. The van der Waals surface area contributed by atoms with Gasteiger partial charge >= 0.3 is 12.0 Å². The number of carboxylic acid groups (broad SMARTS) is 1. The number of hydrogen-bond donors (Lipinski definition) is 3. The maximum absolute atomic E-state index is 11.6. The molecule has 0 saturated carbocycles. The van der Waals surface area contributed by atoms with Gasteiger partial charge in [-0.1, -0.05) is 0 Å². The molecule has 0 fully saturated rings. The van der Waals surface area contributed by atoms with Gasteiger partial charge in [-0.3, -0.25) is 9.59 Å². The van der Waals surface area contributed by atoms with Crippen LogP contribution in [0.4, 0.5) is 4.79 Å². The molecule has 0 aliphatic carbocycles. The maximum Gasteiger partial charge on any atom is 0.317 e. The first-order valence-electron chi connectivity index (χ1n) is 5.17. The molecule has 7 heteroatoms. The summed E-state index contributed by atoms with van der Waals surface area (Å²) in [5.74, 6) is -1.48. The van der Waals surface area contributed by atoms with Crippen molar-refractivity contribution in [3.05, 3.63) is 0 Å². The number of carbonyl (C=O) groups excluding carboxylic acids is 2. The van der Waals surface area contributed by atoms with Crippen molar-refractivity contribution in [1.29, 1.82) is 0 Å². The molecule has 0 aliphatic rings. The molecule has 0 spiro atoms. The molecule has 4 N–H and O–H groups in total. The van der Waals surface area contributed by atoms with E-state index in [0.717, 1.165) is 0 Å². The number of amides is 3. The average molecular weight is 245 g/mol. The second-order valence-electron chi connectivity index (χ2n) is 4.52. The molecule has 0 unspecified atom stereocenters. The Balaban J connectivity index is 4.23. The second-order valence-corrected chi connectivity index (χ2v) is 4.52. The second kappa shape index (κ2) is 6.07. The number of carbonyl (C=O) groups is 3. The molecule has 7 nitrogen and oxygen atoms in total. The van der Waals surface area contributed by atoms with E-state index in [1.54, 1.807) is 13.8 Å². The Hall–Kier alpha value is -1.79. The third-order valence-electron chi connectivity index (χ3n) is 2.07. The van der Waals surface area contributed by atoms with Crippen molar-refractivity contribution < 1.29 is 19.5 Å². The Labute approximate surface area is 100.0 Å². The van der Waals surface area contributed by atoms with Gasteiger partial charge in [0.2, 0.25) is 5.91 Å². The van der Waals surface area contributed by atoms with Crippen molar-refractivity contribution in [2.45, 2.75) is 32.2 Å². The lowest BCUT2D eigenvalue weighted by atomic mass is 10.0. The van der Waals surface area contributed by atoms with Crippen LogP contribution in [0.25, 0.3) is 0 Å². The van der Waals surface area contributed by atoms with Crippen LogP contribution < -0.4 is 11.1 Å². The van der Waals surface area contributed by atoms with E-state index in [4.69, 9.17) is 10.8 Å². The van der Waals surface area contributed by atoms with Crippen LogP contribution in [0.5, 0.6) is 0 Å². The van der Waals surface area contributed by atoms with E-state index in [2.05, 4.69) is 5.32 Å². The van der Waals surface area contributed by atoms with Gasteiger partial charge in [0, 0.05) is 25.6 Å². The number of urea groups is 1. The average Bonchev–Trinajstić information content (AvgIpc) is 2.10.